The second-order valence-electron chi connectivity index (χ2n) is 3.54. The van der Waals surface area contributed by atoms with Crippen molar-refractivity contribution in [2.45, 2.75) is 6.42 Å². The molecule has 0 aliphatic rings. The molecular formula is C12H8N2O3. The number of rotatable bonds is 3. The van der Waals surface area contributed by atoms with Crippen LogP contribution in [0.2, 0.25) is 0 Å². The SMILES string of the molecule is O=Cc1occ2nc(Cc3ccccn3)oc12. The third-order valence-electron chi connectivity index (χ3n) is 2.38. The summed E-state index contributed by atoms with van der Waals surface area (Å²) in [7, 11) is 0. The molecular weight excluding hydrogens is 220 g/mol. The number of aldehydes is 1. The number of nitrogens with zero attached hydrogens (tertiary/aromatic N) is 2. The fraction of sp³-hybridized carbons (Fsp3) is 0.0833. The van der Waals surface area contributed by atoms with Crippen molar-refractivity contribution in [1.82, 2.24) is 9.97 Å². The Morgan fingerprint density at radius 3 is 3.06 bits per heavy atom. The van der Waals surface area contributed by atoms with Gasteiger partial charge < -0.3 is 8.83 Å². The first-order valence-corrected chi connectivity index (χ1v) is 5.09. The summed E-state index contributed by atoms with van der Waals surface area (Å²) in [4.78, 5) is 19.1. The molecule has 0 bridgehead atoms. The Kier molecular flexibility index (Phi) is 2.22. The molecule has 3 heterocycles. The summed E-state index contributed by atoms with van der Waals surface area (Å²) in [5.74, 6) is 0.687. The second-order valence-corrected chi connectivity index (χ2v) is 3.54. The molecule has 5 nitrogen and oxygen atoms in total. The van der Waals surface area contributed by atoms with Crippen LogP contribution in [0.5, 0.6) is 0 Å². The van der Waals surface area contributed by atoms with Gasteiger partial charge in [0.15, 0.2) is 6.29 Å². The monoisotopic (exact) mass is 228 g/mol. The van der Waals surface area contributed by atoms with E-state index in [0.29, 0.717) is 29.7 Å². The number of furan rings is 1. The van der Waals surface area contributed by atoms with Gasteiger partial charge in [0.1, 0.15) is 11.8 Å². The van der Waals surface area contributed by atoms with E-state index >= 15 is 0 Å². The Morgan fingerprint density at radius 1 is 1.35 bits per heavy atom. The zero-order chi connectivity index (χ0) is 11.7. The van der Waals surface area contributed by atoms with Crippen LogP contribution < -0.4 is 0 Å². The quantitative estimate of drug-likeness (QED) is 0.643. The Hall–Kier alpha value is -2.43. The van der Waals surface area contributed by atoms with Crippen LogP contribution in [0.1, 0.15) is 22.1 Å². The van der Waals surface area contributed by atoms with E-state index in [1.165, 1.54) is 6.26 Å². The van der Waals surface area contributed by atoms with Gasteiger partial charge >= 0.3 is 0 Å². The average Bonchev–Trinajstić information content (AvgIpc) is 2.89. The van der Waals surface area contributed by atoms with Gasteiger partial charge in [-0.1, -0.05) is 6.07 Å². The predicted molar refractivity (Wildman–Crippen MR) is 58.7 cm³/mol. The number of oxazole rings is 1. The van der Waals surface area contributed by atoms with Gasteiger partial charge in [0.05, 0.1) is 6.42 Å². The summed E-state index contributed by atoms with van der Waals surface area (Å²) in [6.45, 7) is 0. The summed E-state index contributed by atoms with van der Waals surface area (Å²) < 4.78 is 10.4. The van der Waals surface area contributed by atoms with Gasteiger partial charge in [0, 0.05) is 11.9 Å². The van der Waals surface area contributed by atoms with Crippen molar-refractivity contribution >= 4 is 17.4 Å². The molecule has 0 aromatic carbocycles. The standard InChI is InChI=1S/C12H8N2O3/c15-6-10-12-9(7-16-10)14-11(17-12)5-8-3-1-2-4-13-8/h1-4,6-7H,5H2. The van der Waals surface area contributed by atoms with Crippen LogP contribution in [0.3, 0.4) is 0 Å². The smallest absolute Gasteiger partial charge is 0.211 e. The van der Waals surface area contributed by atoms with Crippen LogP contribution in [0.4, 0.5) is 0 Å². The van der Waals surface area contributed by atoms with E-state index in [1.807, 2.05) is 18.2 Å². The van der Waals surface area contributed by atoms with E-state index < -0.39 is 0 Å². The second kappa shape index (κ2) is 3.86. The minimum Gasteiger partial charge on any atom is -0.455 e. The van der Waals surface area contributed by atoms with E-state index in [9.17, 15) is 4.79 Å². The van der Waals surface area contributed by atoms with E-state index in [-0.39, 0.29) is 5.76 Å². The number of aromatic nitrogens is 2. The van der Waals surface area contributed by atoms with Crippen molar-refractivity contribution in [2.75, 3.05) is 0 Å². The number of fused-ring (bicyclic) bond motifs is 1. The third-order valence-corrected chi connectivity index (χ3v) is 2.38. The molecule has 0 aliphatic carbocycles. The minimum atomic E-state index is 0.166. The molecule has 0 aliphatic heterocycles. The summed E-state index contributed by atoms with van der Waals surface area (Å²) >= 11 is 0. The zero-order valence-corrected chi connectivity index (χ0v) is 8.79. The lowest BCUT2D eigenvalue weighted by Gasteiger charge is -1.94. The third kappa shape index (κ3) is 1.71. The van der Waals surface area contributed by atoms with E-state index in [2.05, 4.69) is 9.97 Å². The normalized spacial score (nSPS) is 10.8. The molecule has 17 heavy (non-hydrogen) atoms. The molecule has 0 saturated heterocycles. The van der Waals surface area contributed by atoms with Gasteiger partial charge in [0.25, 0.3) is 0 Å². The highest BCUT2D eigenvalue weighted by atomic mass is 16.4. The average molecular weight is 228 g/mol. The number of hydrogen-bond donors (Lipinski definition) is 0. The molecule has 3 aromatic heterocycles. The molecule has 0 radical (unpaired) electrons. The first-order valence-electron chi connectivity index (χ1n) is 5.09. The first kappa shape index (κ1) is 9.77. The van der Waals surface area contributed by atoms with E-state index in [1.54, 1.807) is 6.20 Å². The molecule has 0 fully saturated rings. The number of carbonyl (C=O) groups excluding carboxylic acids is 1. The Morgan fingerprint density at radius 2 is 2.29 bits per heavy atom. The van der Waals surface area contributed by atoms with Crippen molar-refractivity contribution < 1.29 is 13.6 Å². The van der Waals surface area contributed by atoms with E-state index in [0.717, 1.165) is 5.69 Å². The lowest BCUT2D eigenvalue weighted by Crippen LogP contribution is -1.90. The Labute approximate surface area is 96.1 Å². The largest absolute Gasteiger partial charge is 0.455 e. The van der Waals surface area contributed by atoms with Crippen molar-refractivity contribution in [3.05, 3.63) is 48.0 Å². The fourth-order valence-electron chi connectivity index (χ4n) is 1.62. The Bertz CT molecular complexity index is 655. The van der Waals surface area contributed by atoms with Gasteiger partial charge in [0.2, 0.25) is 17.2 Å². The maximum atomic E-state index is 10.7. The lowest BCUT2D eigenvalue weighted by atomic mass is 10.3. The summed E-state index contributed by atoms with van der Waals surface area (Å²) in [5.41, 5.74) is 1.81. The maximum Gasteiger partial charge on any atom is 0.211 e. The van der Waals surface area contributed by atoms with Crippen LogP contribution in [-0.2, 0) is 6.42 Å². The molecule has 84 valence electrons. The Balaban J connectivity index is 1.96. The minimum absolute atomic E-state index is 0.166. The lowest BCUT2D eigenvalue weighted by molar-refractivity contribution is 0.110. The van der Waals surface area contributed by atoms with Gasteiger partial charge in [-0.05, 0) is 12.1 Å². The number of pyridine rings is 1. The highest BCUT2D eigenvalue weighted by molar-refractivity contribution is 5.89. The molecule has 0 unspecified atom stereocenters. The first-order chi connectivity index (χ1) is 8.36. The predicted octanol–water partition coefficient (Wildman–Crippen LogP) is 2.22. The van der Waals surface area contributed by atoms with Gasteiger partial charge in [-0.15, -0.1) is 0 Å². The highest BCUT2D eigenvalue weighted by Gasteiger charge is 2.13. The summed E-state index contributed by atoms with van der Waals surface area (Å²) in [6, 6.07) is 5.63. The number of carbonyl (C=O) groups is 1. The molecule has 0 atom stereocenters. The highest BCUT2D eigenvalue weighted by Crippen LogP contribution is 2.21. The van der Waals surface area contributed by atoms with Crippen molar-refractivity contribution in [3.8, 4) is 0 Å². The summed E-state index contributed by atoms with van der Waals surface area (Å²) in [5, 5.41) is 0. The van der Waals surface area contributed by atoms with Crippen LogP contribution >= 0.6 is 0 Å². The topological polar surface area (TPSA) is 69.1 Å². The summed E-state index contributed by atoms with van der Waals surface area (Å²) in [6.07, 6.45) is 4.22. The van der Waals surface area contributed by atoms with Crippen LogP contribution in [0.25, 0.3) is 11.1 Å². The molecule has 5 heteroatoms. The van der Waals surface area contributed by atoms with Gasteiger partial charge in [-0.2, -0.15) is 0 Å². The maximum absolute atomic E-state index is 10.7. The number of hydrogen-bond acceptors (Lipinski definition) is 5. The van der Waals surface area contributed by atoms with Crippen LogP contribution in [0, 0.1) is 0 Å². The van der Waals surface area contributed by atoms with E-state index in [4.69, 9.17) is 8.83 Å². The van der Waals surface area contributed by atoms with Crippen molar-refractivity contribution in [1.29, 1.82) is 0 Å². The molecule has 0 N–H and O–H groups in total. The molecule has 3 rings (SSSR count). The zero-order valence-electron chi connectivity index (χ0n) is 8.79. The van der Waals surface area contributed by atoms with Gasteiger partial charge in [-0.25, -0.2) is 4.98 Å². The fourth-order valence-corrected chi connectivity index (χ4v) is 1.62. The van der Waals surface area contributed by atoms with Crippen molar-refractivity contribution in [2.24, 2.45) is 0 Å². The van der Waals surface area contributed by atoms with Crippen LogP contribution in [-0.4, -0.2) is 16.3 Å². The molecule has 3 aromatic rings. The molecule has 0 saturated carbocycles. The molecule has 0 amide bonds. The van der Waals surface area contributed by atoms with Crippen LogP contribution in [0.15, 0.2) is 39.5 Å². The van der Waals surface area contributed by atoms with Gasteiger partial charge in [-0.3, -0.25) is 9.78 Å². The molecule has 0 spiro atoms. The van der Waals surface area contributed by atoms with Crippen molar-refractivity contribution in [3.63, 3.8) is 0 Å².